The fourth-order valence-electron chi connectivity index (χ4n) is 4.44. The lowest BCUT2D eigenvalue weighted by Crippen LogP contribution is -2.40. The van der Waals surface area contributed by atoms with Crippen LogP contribution in [0.15, 0.2) is 93.9 Å². The van der Waals surface area contributed by atoms with Gasteiger partial charge in [0.1, 0.15) is 18.4 Å². The third-order valence-corrected chi connectivity index (χ3v) is 7.71. The molecule has 1 aliphatic rings. The van der Waals surface area contributed by atoms with Crippen LogP contribution in [-0.2, 0) is 16.1 Å². The summed E-state index contributed by atoms with van der Waals surface area (Å²) in [5, 5.41) is 9.38. The Balaban J connectivity index is 1.48. The monoisotopic (exact) mass is 569 g/mol. The van der Waals surface area contributed by atoms with Crippen molar-refractivity contribution in [2.45, 2.75) is 26.5 Å². The van der Waals surface area contributed by atoms with Gasteiger partial charge in [0.05, 0.1) is 34.0 Å². The maximum atomic E-state index is 13.7. The zero-order chi connectivity index (χ0) is 28.2. The quantitative estimate of drug-likeness (QED) is 0.295. The first-order valence-corrected chi connectivity index (χ1v) is 13.7. The van der Waals surface area contributed by atoms with Crippen molar-refractivity contribution in [1.82, 2.24) is 4.57 Å². The largest absolute Gasteiger partial charge is 0.489 e. The van der Waals surface area contributed by atoms with Gasteiger partial charge in [0, 0.05) is 5.02 Å². The lowest BCUT2D eigenvalue weighted by molar-refractivity contribution is -0.139. The summed E-state index contributed by atoms with van der Waals surface area (Å²) in [6.07, 6.45) is 1.79. The zero-order valence-electron chi connectivity index (χ0n) is 21.8. The molecule has 200 valence electrons. The summed E-state index contributed by atoms with van der Waals surface area (Å²) in [5.41, 5.74) is 3.49. The van der Waals surface area contributed by atoms with Crippen molar-refractivity contribution < 1.29 is 14.3 Å². The molecule has 3 aromatic carbocycles. The fourth-order valence-corrected chi connectivity index (χ4v) is 5.72. The second kappa shape index (κ2) is 11.7. The molecule has 2 heterocycles. The number of nitrogens with zero attached hydrogens (tertiary/aromatic N) is 3. The van der Waals surface area contributed by atoms with Crippen LogP contribution in [0.1, 0.15) is 42.1 Å². The van der Waals surface area contributed by atoms with E-state index in [0.717, 1.165) is 11.1 Å². The third-order valence-electron chi connectivity index (χ3n) is 6.38. The minimum absolute atomic E-state index is 0.197. The van der Waals surface area contributed by atoms with Gasteiger partial charge in [0.2, 0.25) is 0 Å². The number of carbonyl (C=O) groups excluding carboxylic acids is 1. The van der Waals surface area contributed by atoms with E-state index in [1.165, 1.54) is 15.9 Å². The molecule has 0 amide bonds. The smallest absolute Gasteiger partial charge is 0.338 e. The van der Waals surface area contributed by atoms with Crippen molar-refractivity contribution in [2.75, 3.05) is 6.61 Å². The number of fused-ring (bicyclic) bond motifs is 1. The summed E-state index contributed by atoms with van der Waals surface area (Å²) in [7, 11) is 0. The molecule has 0 saturated heterocycles. The van der Waals surface area contributed by atoms with Gasteiger partial charge >= 0.3 is 5.97 Å². The van der Waals surface area contributed by atoms with Gasteiger partial charge in [0.25, 0.3) is 5.56 Å². The molecule has 7 nitrogen and oxygen atoms in total. The lowest BCUT2D eigenvalue weighted by atomic mass is 9.96. The van der Waals surface area contributed by atoms with Crippen LogP contribution in [-0.4, -0.2) is 17.1 Å². The van der Waals surface area contributed by atoms with Crippen LogP contribution in [0, 0.1) is 11.3 Å². The maximum absolute atomic E-state index is 13.7. The molecule has 40 heavy (non-hydrogen) atoms. The number of aromatic nitrogens is 1. The summed E-state index contributed by atoms with van der Waals surface area (Å²) in [6.45, 7) is 4.04. The molecule has 0 aliphatic carbocycles. The topological polar surface area (TPSA) is 93.7 Å². The molecule has 9 heteroatoms. The zero-order valence-corrected chi connectivity index (χ0v) is 23.3. The van der Waals surface area contributed by atoms with E-state index in [1.54, 1.807) is 50.3 Å². The number of thiazole rings is 1. The van der Waals surface area contributed by atoms with E-state index in [4.69, 9.17) is 26.3 Å². The summed E-state index contributed by atoms with van der Waals surface area (Å²) in [5.74, 6) is 0.149. The molecule has 4 aromatic rings. The number of carbonyl (C=O) groups is 1. The number of halogens is 1. The van der Waals surface area contributed by atoms with Crippen molar-refractivity contribution in [3.8, 4) is 11.8 Å². The van der Waals surface area contributed by atoms with Crippen molar-refractivity contribution in [3.05, 3.63) is 131 Å². The van der Waals surface area contributed by atoms with Crippen LogP contribution in [0.4, 0.5) is 0 Å². The van der Waals surface area contributed by atoms with Gasteiger partial charge in [-0.05, 0) is 66.9 Å². The van der Waals surface area contributed by atoms with Gasteiger partial charge in [-0.1, -0.05) is 65.4 Å². The number of hydrogen-bond donors (Lipinski definition) is 0. The number of ether oxygens (including phenoxy) is 2. The van der Waals surface area contributed by atoms with Crippen LogP contribution in [0.25, 0.3) is 6.08 Å². The Kier molecular flexibility index (Phi) is 7.96. The summed E-state index contributed by atoms with van der Waals surface area (Å²) in [6, 6.07) is 23.1. The standard InChI is InChI=1S/C31H24ClN3O4S/c1-3-38-30(37)27-19(2)34-31-35(28(27)24-6-4-5-7-25(24)32)29(36)26(40-31)16-20-12-14-23(15-13-20)39-18-22-10-8-21(17-33)9-11-22/h4-16,28H,3,18H2,1-2H3/b26-16-/t28-/m1/s1. The van der Waals surface area contributed by atoms with Crippen molar-refractivity contribution in [2.24, 2.45) is 4.99 Å². The number of rotatable bonds is 7. The molecule has 1 aromatic heterocycles. The molecule has 0 N–H and O–H groups in total. The number of hydrogen-bond acceptors (Lipinski definition) is 7. The molecule has 0 saturated carbocycles. The average Bonchev–Trinajstić information content (AvgIpc) is 3.26. The Morgan fingerprint density at radius 1 is 1.12 bits per heavy atom. The minimum atomic E-state index is -0.760. The molecular formula is C31H24ClN3O4S. The highest BCUT2D eigenvalue weighted by Crippen LogP contribution is 2.34. The highest BCUT2D eigenvalue weighted by Gasteiger charge is 2.34. The molecule has 5 rings (SSSR count). The van der Waals surface area contributed by atoms with Crippen molar-refractivity contribution in [1.29, 1.82) is 5.26 Å². The Morgan fingerprint density at radius 2 is 1.85 bits per heavy atom. The second-order valence-electron chi connectivity index (χ2n) is 8.99. The van der Waals surface area contributed by atoms with Crippen LogP contribution >= 0.6 is 22.9 Å². The predicted molar refractivity (Wildman–Crippen MR) is 154 cm³/mol. The highest BCUT2D eigenvalue weighted by atomic mass is 35.5. The summed E-state index contributed by atoms with van der Waals surface area (Å²) >= 11 is 7.80. The average molecular weight is 570 g/mol. The molecule has 1 atom stereocenters. The molecule has 0 spiro atoms. The second-order valence-corrected chi connectivity index (χ2v) is 10.4. The number of allylic oxidation sites excluding steroid dienone is 1. The Morgan fingerprint density at radius 3 is 2.52 bits per heavy atom. The van der Waals surface area contributed by atoms with E-state index in [9.17, 15) is 9.59 Å². The van der Waals surface area contributed by atoms with Crippen LogP contribution in [0.3, 0.4) is 0 Å². The number of esters is 1. The molecule has 0 unspecified atom stereocenters. The first-order chi connectivity index (χ1) is 19.4. The fraction of sp³-hybridized carbons (Fsp3) is 0.161. The number of benzene rings is 3. The first kappa shape index (κ1) is 27.1. The van der Waals surface area contributed by atoms with Crippen molar-refractivity contribution in [3.63, 3.8) is 0 Å². The Bertz CT molecular complexity index is 1830. The predicted octanol–water partition coefficient (Wildman–Crippen LogP) is 4.90. The van der Waals surface area contributed by atoms with E-state index < -0.39 is 12.0 Å². The van der Waals surface area contributed by atoms with Gasteiger partial charge in [-0.15, -0.1) is 0 Å². The summed E-state index contributed by atoms with van der Waals surface area (Å²) in [4.78, 5) is 31.8. The molecule has 0 radical (unpaired) electrons. The summed E-state index contributed by atoms with van der Waals surface area (Å²) < 4.78 is 13.2. The van der Waals surface area contributed by atoms with Gasteiger partial charge < -0.3 is 9.47 Å². The van der Waals surface area contributed by atoms with Crippen LogP contribution in [0.5, 0.6) is 5.75 Å². The lowest BCUT2D eigenvalue weighted by Gasteiger charge is -2.25. The molecule has 1 aliphatic heterocycles. The SMILES string of the molecule is CCOC(=O)C1=C(C)N=c2s/c(=C\c3ccc(OCc4ccc(C#N)cc4)cc3)c(=O)n2[C@@H]1c1ccccc1Cl. The van der Waals surface area contributed by atoms with E-state index in [-0.39, 0.29) is 17.7 Å². The Labute approximate surface area is 239 Å². The highest BCUT2D eigenvalue weighted by molar-refractivity contribution is 7.07. The number of nitriles is 1. The van der Waals surface area contributed by atoms with Gasteiger partial charge in [0.15, 0.2) is 4.80 Å². The van der Waals surface area contributed by atoms with E-state index in [0.29, 0.717) is 43.5 Å². The van der Waals surface area contributed by atoms with Gasteiger partial charge in [-0.3, -0.25) is 9.36 Å². The Hall–Kier alpha value is -4.45. The minimum Gasteiger partial charge on any atom is -0.489 e. The van der Waals surface area contributed by atoms with Crippen LogP contribution < -0.4 is 19.6 Å². The molecular weight excluding hydrogens is 546 g/mol. The normalized spacial score (nSPS) is 14.8. The van der Waals surface area contributed by atoms with Gasteiger partial charge in [-0.25, -0.2) is 9.79 Å². The molecule has 0 bridgehead atoms. The van der Waals surface area contributed by atoms with Gasteiger partial charge in [-0.2, -0.15) is 5.26 Å². The van der Waals surface area contributed by atoms with E-state index in [1.807, 2.05) is 42.5 Å². The van der Waals surface area contributed by atoms with Crippen LogP contribution in [0.2, 0.25) is 5.02 Å². The third kappa shape index (κ3) is 5.48. The first-order valence-electron chi connectivity index (χ1n) is 12.6. The van der Waals surface area contributed by atoms with Crippen molar-refractivity contribution >= 4 is 35.0 Å². The maximum Gasteiger partial charge on any atom is 0.338 e. The van der Waals surface area contributed by atoms with E-state index >= 15 is 0 Å². The van der Waals surface area contributed by atoms with E-state index in [2.05, 4.69) is 11.1 Å². The molecule has 0 fully saturated rings.